The van der Waals surface area contributed by atoms with E-state index in [0.717, 1.165) is 0 Å². The van der Waals surface area contributed by atoms with Crippen LogP contribution >= 0.6 is 0 Å². The van der Waals surface area contributed by atoms with Crippen molar-refractivity contribution in [2.75, 3.05) is 0 Å². The molecule has 0 aliphatic rings. The highest BCUT2D eigenvalue weighted by Gasteiger charge is 1.94. The monoisotopic (exact) mass is 227 g/mol. The van der Waals surface area contributed by atoms with Crippen LogP contribution in [0.2, 0.25) is 0 Å². The molecule has 0 aromatic carbocycles. The molecule has 0 spiro atoms. The van der Waals surface area contributed by atoms with Crippen LogP contribution in [0.1, 0.15) is 11.6 Å². The van der Waals surface area contributed by atoms with Crippen LogP contribution in [-0.4, -0.2) is 45.2 Å². The van der Waals surface area contributed by atoms with E-state index in [-0.39, 0.29) is 13.2 Å². The van der Waals surface area contributed by atoms with Gasteiger partial charge in [-0.2, -0.15) is 9.90 Å². The van der Waals surface area contributed by atoms with Gasteiger partial charge in [-0.1, -0.05) is 0 Å². The summed E-state index contributed by atoms with van der Waals surface area (Å²) in [5.41, 5.74) is 0. The van der Waals surface area contributed by atoms with Gasteiger partial charge in [-0.25, -0.2) is 4.98 Å². The molecule has 0 amide bonds. The molecule has 0 aliphatic carbocycles. The first-order chi connectivity index (χ1) is 7.67. The van der Waals surface area contributed by atoms with Gasteiger partial charge in [0.25, 0.3) is 0 Å². The van der Waals surface area contributed by atoms with Crippen molar-refractivity contribution in [2.24, 2.45) is 14.1 Å². The zero-order valence-corrected chi connectivity index (χ0v) is 9.02. The third-order valence-electron chi connectivity index (χ3n) is 1.64. The number of rotatable bonds is 2. The second-order valence-electron chi connectivity index (χ2n) is 2.81. The molecule has 9 heteroatoms. The summed E-state index contributed by atoms with van der Waals surface area (Å²) in [7, 11) is 3.38. The molecular formula is C7H13N7O2. The molecule has 9 nitrogen and oxygen atoms in total. The van der Waals surface area contributed by atoms with Gasteiger partial charge in [-0.15, -0.1) is 10.2 Å². The van der Waals surface area contributed by atoms with Gasteiger partial charge >= 0.3 is 0 Å². The van der Waals surface area contributed by atoms with E-state index in [1.54, 1.807) is 14.1 Å². The van der Waals surface area contributed by atoms with Crippen molar-refractivity contribution in [3.8, 4) is 0 Å². The largest absolute Gasteiger partial charge is 0.388 e. The molecule has 0 atom stereocenters. The van der Waals surface area contributed by atoms with Crippen LogP contribution in [0.25, 0.3) is 0 Å². The van der Waals surface area contributed by atoms with Crippen molar-refractivity contribution in [2.45, 2.75) is 13.2 Å². The van der Waals surface area contributed by atoms with Crippen molar-refractivity contribution in [3.63, 3.8) is 0 Å². The van der Waals surface area contributed by atoms with Crippen molar-refractivity contribution in [1.29, 1.82) is 0 Å². The Bertz CT molecular complexity index is 424. The number of hydrogen-bond acceptors (Lipinski definition) is 7. The van der Waals surface area contributed by atoms with Gasteiger partial charge in [0.1, 0.15) is 19.5 Å². The van der Waals surface area contributed by atoms with Crippen molar-refractivity contribution >= 4 is 0 Å². The van der Waals surface area contributed by atoms with Crippen LogP contribution in [0.3, 0.4) is 0 Å². The van der Waals surface area contributed by atoms with Crippen molar-refractivity contribution < 1.29 is 10.2 Å². The number of aliphatic hydroxyl groups excluding tert-OH is 2. The lowest BCUT2D eigenvalue weighted by Crippen LogP contribution is -1.97. The smallest absolute Gasteiger partial charge is 0.200 e. The summed E-state index contributed by atoms with van der Waals surface area (Å²) in [6.45, 7) is -0.190. The highest BCUT2D eigenvalue weighted by molar-refractivity contribution is 4.78. The first-order valence-electron chi connectivity index (χ1n) is 4.44. The lowest BCUT2D eigenvalue weighted by molar-refractivity contribution is 0.265. The standard InChI is InChI=1S/C4H7N3O.C3H6N4O/c1-7-4(2-8)5-3-6-7;1-7-5-3(2-8)4-6-7/h3,8H,2H2,1H3;8H,2H2,1H3. The predicted molar refractivity (Wildman–Crippen MR) is 51.6 cm³/mol. The van der Waals surface area contributed by atoms with E-state index in [9.17, 15) is 0 Å². The minimum absolute atomic E-state index is 0.0451. The van der Waals surface area contributed by atoms with Crippen LogP contribution < -0.4 is 0 Å². The summed E-state index contributed by atoms with van der Waals surface area (Å²) >= 11 is 0. The fraction of sp³-hybridized carbons (Fsp3) is 0.571. The number of aryl methyl sites for hydroxylation is 2. The molecule has 2 aromatic heterocycles. The summed E-state index contributed by atoms with van der Waals surface area (Å²) in [5, 5.41) is 31.2. The predicted octanol–water partition coefficient (Wildman–Crippen LogP) is -1.99. The molecule has 2 aromatic rings. The summed E-state index contributed by atoms with van der Waals surface area (Å²) in [4.78, 5) is 5.03. The highest BCUT2D eigenvalue weighted by atomic mass is 16.3. The van der Waals surface area contributed by atoms with Crippen LogP contribution in [-0.2, 0) is 27.3 Å². The van der Waals surface area contributed by atoms with Crippen molar-refractivity contribution in [1.82, 2.24) is 35.0 Å². The maximum absolute atomic E-state index is 8.48. The van der Waals surface area contributed by atoms with E-state index in [4.69, 9.17) is 10.2 Å². The Kier molecular flexibility index (Phi) is 4.48. The number of tetrazole rings is 1. The van der Waals surface area contributed by atoms with E-state index >= 15 is 0 Å². The number of nitrogens with zero attached hydrogens (tertiary/aromatic N) is 7. The van der Waals surface area contributed by atoms with E-state index in [1.807, 2.05) is 0 Å². The Morgan fingerprint density at radius 1 is 1.25 bits per heavy atom. The molecule has 16 heavy (non-hydrogen) atoms. The first kappa shape index (κ1) is 12.2. The third-order valence-corrected chi connectivity index (χ3v) is 1.64. The average Bonchev–Trinajstić information content (AvgIpc) is 2.87. The zero-order chi connectivity index (χ0) is 12.0. The summed E-state index contributed by atoms with van der Waals surface area (Å²) < 4.78 is 1.53. The Morgan fingerprint density at radius 3 is 2.25 bits per heavy atom. The molecule has 0 radical (unpaired) electrons. The van der Waals surface area contributed by atoms with E-state index in [2.05, 4.69) is 25.5 Å². The van der Waals surface area contributed by atoms with Gasteiger partial charge in [0, 0.05) is 7.05 Å². The Labute approximate surface area is 91.4 Å². The number of aliphatic hydroxyl groups is 2. The molecule has 2 N–H and O–H groups in total. The number of hydrogen-bond donors (Lipinski definition) is 2. The maximum Gasteiger partial charge on any atom is 0.200 e. The van der Waals surface area contributed by atoms with E-state index in [1.165, 1.54) is 15.8 Å². The van der Waals surface area contributed by atoms with E-state index in [0.29, 0.717) is 11.6 Å². The second-order valence-corrected chi connectivity index (χ2v) is 2.81. The fourth-order valence-corrected chi connectivity index (χ4v) is 0.850. The molecule has 0 saturated carbocycles. The first-order valence-corrected chi connectivity index (χ1v) is 4.44. The second kappa shape index (κ2) is 5.88. The van der Waals surface area contributed by atoms with Crippen LogP contribution in [0, 0.1) is 0 Å². The minimum Gasteiger partial charge on any atom is -0.388 e. The quantitative estimate of drug-likeness (QED) is 0.610. The molecule has 0 saturated heterocycles. The van der Waals surface area contributed by atoms with E-state index < -0.39 is 0 Å². The van der Waals surface area contributed by atoms with Gasteiger partial charge in [-0.05, 0) is 5.21 Å². The SMILES string of the molecule is Cn1ncnc1CO.Cn1nnc(CO)n1. The minimum atomic E-state index is -0.145. The van der Waals surface area contributed by atoms with Gasteiger partial charge in [0.05, 0.1) is 7.05 Å². The van der Waals surface area contributed by atoms with Crippen LogP contribution in [0.15, 0.2) is 6.33 Å². The molecule has 0 fully saturated rings. The van der Waals surface area contributed by atoms with Gasteiger partial charge < -0.3 is 10.2 Å². The topological polar surface area (TPSA) is 115 Å². The molecule has 0 unspecified atom stereocenters. The van der Waals surface area contributed by atoms with Gasteiger partial charge in [0.15, 0.2) is 11.6 Å². The molecular weight excluding hydrogens is 214 g/mol. The summed E-state index contributed by atoms with van der Waals surface area (Å²) in [6, 6.07) is 0. The lowest BCUT2D eigenvalue weighted by Gasteiger charge is -1.89. The summed E-state index contributed by atoms with van der Waals surface area (Å²) in [6.07, 6.45) is 1.41. The fourth-order valence-electron chi connectivity index (χ4n) is 0.850. The molecule has 88 valence electrons. The van der Waals surface area contributed by atoms with Crippen LogP contribution in [0.4, 0.5) is 0 Å². The van der Waals surface area contributed by atoms with Crippen molar-refractivity contribution in [3.05, 3.63) is 18.0 Å². The zero-order valence-electron chi connectivity index (χ0n) is 9.02. The van der Waals surface area contributed by atoms with Gasteiger partial charge in [-0.3, -0.25) is 4.68 Å². The molecule has 0 bridgehead atoms. The van der Waals surface area contributed by atoms with Gasteiger partial charge in [0.2, 0.25) is 0 Å². The molecule has 2 rings (SSSR count). The normalized spacial score (nSPS) is 9.75. The van der Waals surface area contributed by atoms with Crippen LogP contribution in [0.5, 0.6) is 0 Å². The molecule has 0 aliphatic heterocycles. The number of aromatic nitrogens is 7. The highest BCUT2D eigenvalue weighted by Crippen LogP contribution is 1.86. The molecule has 2 heterocycles. The maximum atomic E-state index is 8.48. The average molecular weight is 227 g/mol. The summed E-state index contributed by atoms with van der Waals surface area (Å²) in [5.74, 6) is 0.942. The Hall–Kier alpha value is -1.87. The Morgan fingerprint density at radius 2 is 2.00 bits per heavy atom. The lowest BCUT2D eigenvalue weighted by atomic mass is 10.7. The Balaban J connectivity index is 0.000000160. The third kappa shape index (κ3) is 3.37.